The Labute approximate surface area is 219 Å². The Morgan fingerprint density at radius 3 is 2.32 bits per heavy atom. The predicted octanol–water partition coefficient (Wildman–Crippen LogP) is 5.84. The van der Waals surface area contributed by atoms with Crippen molar-refractivity contribution in [3.8, 4) is 5.75 Å². The van der Waals surface area contributed by atoms with E-state index in [0.29, 0.717) is 11.8 Å². The number of fused-ring (bicyclic) bond motifs is 1. The van der Waals surface area contributed by atoms with Crippen LogP contribution in [0.2, 0.25) is 5.02 Å². The maximum atomic E-state index is 13.2. The van der Waals surface area contributed by atoms with Gasteiger partial charge in [0.15, 0.2) is 5.75 Å². The highest BCUT2D eigenvalue weighted by Gasteiger charge is 2.25. The number of nitrogens with one attached hydrogen (secondary N) is 1. The minimum absolute atomic E-state index is 0.0217. The summed E-state index contributed by atoms with van der Waals surface area (Å²) < 4.78 is 16.2. The van der Waals surface area contributed by atoms with Crippen LogP contribution < -0.4 is 15.7 Å². The van der Waals surface area contributed by atoms with Gasteiger partial charge in [0.2, 0.25) is 0 Å². The summed E-state index contributed by atoms with van der Waals surface area (Å²) in [6.45, 7) is 2.05. The van der Waals surface area contributed by atoms with Crippen LogP contribution >= 0.6 is 11.6 Å². The molecule has 0 aliphatic heterocycles. The molecule has 0 bridgehead atoms. The van der Waals surface area contributed by atoms with Gasteiger partial charge >= 0.3 is 17.7 Å². The van der Waals surface area contributed by atoms with Gasteiger partial charge in [0.1, 0.15) is 18.2 Å². The monoisotopic (exact) mass is 519 g/mol. The first-order valence-electron chi connectivity index (χ1n) is 11.9. The van der Waals surface area contributed by atoms with Gasteiger partial charge in [0.05, 0.1) is 5.02 Å². The number of hydrogen-bond acceptors (Lipinski definition) is 6. The lowest BCUT2D eigenvalue weighted by molar-refractivity contribution is -0.136. The van der Waals surface area contributed by atoms with Crippen LogP contribution in [0.15, 0.2) is 88.1 Å². The Hall–Kier alpha value is -4.10. The lowest BCUT2D eigenvalue weighted by Gasteiger charge is -2.18. The fourth-order valence-electron chi connectivity index (χ4n) is 3.91. The molecular weight excluding hydrogens is 494 g/mol. The van der Waals surface area contributed by atoms with E-state index in [0.717, 1.165) is 23.1 Å². The standard InChI is InChI=1S/C29H26ClNO6/c1-2-9-21-15-27(32)36-25-17-26(23(30)16-22(21)25)37-28(33)24(14-19-10-5-3-6-11-19)31-29(34)35-18-20-12-7-4-8-13-20/h3-8,10-13,15-17,24H,2,9,14,18H2,1H3,(H,31,34). The van der Waals surface area contributed by atoms with Crippen LogP contribution in [0.25, 0.3) is 11.0 Å². The van der Waals surface area contributed by atoms with Crippen LogP contribution in [-0.4, -0.2) is 18.1 Å². The molecular formula is C29H26ClNO6. The Balaban J connectivity index is 1.54. The summed E-state index contributed by atoms with van der Waals surface area (Å²) in [5.41, 5.74) is 2.19. The van der Waals surface area contributed by atoms with Crippen LogP contribution in [0.5, 0.6) is 5.75 Å². The molecule has 8 heteroatoms. The van der Waals surface area contributed by atoms with E-state index in [1.165, 1.54) is 12.1 Å². The van der Waals surface area contributed by atoms with Gasteiger partial charge < -0.3 is 19.2 Å². The van der Waals surface area contributed by atoms with Crippen molar-refractivity contribution in [3.05, 3.63) is 111 Å². The highest BCUT2D eigenvalue weighted by atomic mass is 35.5. The second-order valence-corrected chi connectivity index (χ2v) is 8.90. The minimum atomic E-state index is -1.06. The molecule has 1 amide bonds. The molecule has 0 fully saturated rings. The molecule has 1 aromatic heterocycles. The quantitative estimate of drug-likeness (QED) is 0.169. The maximum absolute atomic E-state index is 13.2. The van der Waals surface area contributed by atoms with E-state index >= 15 is 0 Å². The summed E-state index contributed by atoms with van der Waals surface area (Å²) in [6, 6.07) is 21.8. The zero-order valence-corrected chi connectivity index (χ0v) is 21.0. The summed E-state index contributed by atoms with van der Waals surface area (Å²) in [7, 11) is 0. The van der Waals surface area contributed by atoms with Crippen molar-refractivity contribution >= 4 is 34.6 Å². The van der Waals surface area contributed by atoms with Gasteiger partial charge in [-0.2, -0.15) is 0 Å². The molecule has 4 rings (SSSR count). The number of benzene rings is 3. The minimum Gasteiger partial charge on any atom is -0.445 e. The first-order valence-corrected chi connectivity index (χ1v) is 12.3. The van der Waals surface area contributed by atoms with Crippen molar-refractivity contribution in [2.75, 3.05) is 0 Å². The summed E-state index contributed by atoms with van der Waals surface area (Å²) >= 11 is 6.44. The average Bonchev–Trinajstić information content (AvgIpc) is 2.89. The molecule has 3 aromatic carbocycles. The van der Waals surface area contributed by atoms with Gasteiger partial charge in [-0.05, 0) is 29.2 Å². The third kappa shape index (κ3) is 6.98. The predicted molar refractivity (Wildman–Crippen MR) is 141 cm³/mol. The number of carbonyl (C=O) groups is 2. The number of ether oxygens (including phenoxy) is 2. The molecule has 0 spiro atoms. The average molecular weight is 520 g/mol. The van der Waals surface area contributed by atoms with E-state index in [1.807, 2.05) is 67.6 Å². The fourth-order valence-corrected chi connectivity index (χ4v) is 4.11. The molecule has 1 atom stereocenters. The number of alkyl carbamates (subject to hydrolysis) is 1. The van der Waals surface area contributed by atoms with Crippen molar-refractivity contribution in [1.29, 1.82) is 0 Å². The smallest absolute Gasteiger partial charge is 0.408 e. The van der Waals surface area contributed by atoms with Crippen LogP contribution in [0.4, 0.5) is 4.79 Å². The third-order valence-corrected chi connectivity index (χ3v) is 5.98. The lowest BCUT2D eigenvalue weighted by Crippen LogP contribution is -2.44. The van der Waals surface area contributed by atoms with Gasteiger partial charge in [-0.15, -0.1) is 0 Å². The molecule has 4 aromatic rings. The number of amides is 1. The number of halogens is 1. The maximum Gasteiger partial charge on any atom is 0.408 e. The molecule has 0 aliphatic carbocycles. The van der Waals surface area contributed by atoms with Gasteiger partial charge in [0.25, 0.3) is 0 Å². The van der Waals surface area contributed by atoms with Crippen molar-refractivity contribution in [3.63, 3.8) is 0 Å². The summed E-state index contributed by atoms with van der Waals surface area (Å²) in [5, 5.41) is 3.45. The molecule has 1 heterocycles. The van der Waals surface area contributed by atoms with Crippen molar-refractivity contribution in [2.45, 2.75) is 38.8 Å². The van der Waals surface area contributed by atoms with Crippen molar-refractivity contribution in [2.24, 2.45) is 0 Å². The van der Waals surface area contributed by atoms with Crippen LogP contribution in [0.3, 0.4) is 0 Å². The molecule has 0 aliphatic rings. The third-order valence-electron chi connectivity index (χ3n) is 5.68. The van der Waals surface area contributed by atoms with E-state index in [1.54, 1.807) is 6.07 Å². The molecule has 37 heavy (non-hydrogen) atoms. The Kier molecular flexibility index (Phi) is 8.59. The molecule has 0 saturated heterocycles. The topological polar surface area (TPSA) is 94.8 Å². The van der Waals surface area contributed by atoms with E-state index < -0.39 is 23.7 Å². The lowest BCUT2D eigenvalue weighted by atomic mass is 10.1. The summed E-state index contributed by atoms with van der Waals surface area (Å²) in [5.74, 6) is -0.720. The Bertz CT molecular complexity index is 1440. The first kappa shape index (κ1) is 26.0. The van der Waals surface area contributed by atoms with E-state index in [2.05, 4.69) is 5.32 Å². The van der Waals surface area contributed by atoms with Crippen LogP contribution in [-0.2, 0) is 29.0 Å². The second-order valence-electron chi connectivity index (χ2n) is 8.49. The number of aryl methyl sites for hydroxylation is 1. The molecule has 190 valence electrons. The molecule has 1 N–H and O–H groups in total. The van der Waals surface area contributed by atoms with Crippen molar-refractivity contribution in [1.82, 2.24) is 5.32 Å². The largest absolute Gasteiger partial charge is 0.445 e. The fraction of sp³-hybridized carbons (Fsp3) is 0.207. The van der Waals surface area contributed by atoms with E-state index in [9.17, 15) is 14.4 Å². The Morgan fingerprint density at radius 2 is 1.65 bits per heavy atom. The first-order chi connectivity index (χ1) is 17.9. The van der Waals surface area contributed by atoms with Gasteiger partial charge in [-0.25, -0.2) is 14.4 Å². The zero-order chi connectivity index (χ0) is 26.2. The van der Waals surface area contributed by atoms with E-state index in [4.69, 9.17) is 25.5 Å². The normalized spacial score (nSPS) is 11.6. The highest BCUT2D eigenvalue weighted by Crippen LogP contribution is 2.32. The van der Waals surface area contributed by atoms with Gasteiger partial charge in [-0.1, -0.05) is 85.6 Å². The van der Waals surface area contributed by atoms with E-state index in [-0.39, 0.29) is 29.4 Å². The highest BCUT2D eigenvalue weighted by molar-refractivity contribution is 6.33. The SMILES string of the molecule is CCCc1cc(=O)oc2cc(OC(=O)C(Cc3ccccc3)NC(=O)OCc3ccccc3)c(Cl)cc12. The summed E-state index contributed by atoms with van der Waals surface area (Å²) in [6.07, 6.45) is 0.911. The Morgan fingerprint density at radius 1 is 0.973 bits per heavy atom. The molecule has 7 nitrogen and oxygen atoms in total. The number of rotatable bonds is 9. The second kappa shape index (κ2) is 12.2. The number of carbonyl (C=O) groups excluding carboxylic acids is 2. The molecule has 1 unspecified atom stereocenters. The van der Waals surface area contributed by atoms with Crippen molar-refractivity contribution < 1.29 is 23.5 Å². The van der Waals surface area contributed by atoms with Gasteiger partial charge in [0, 0.05) is 23.9 Å². The zero-order valence-electron chi connectivity index (χ0n) is 20.2. The molecule has 0 saturated carbocycles. The van der Waals surface area contributed by atoms with Crippen LogP contribution in [0.1, 0.15) is 30.0 Å². The van der Waals surface area contributed by atoms with Crippen LogP contribution in [0, 0.1) is 0 Å². The van der Waals surface area contributed by atoms with Gasteiger partial charge in [-0.3, -0.25) is 0 Å². The number of hydrogen-bond donors (Lipinski definition) is 1. The number of esters is 1. The summed E-state index contributed by atoms with van der Waals surface area (Å²) in [4.78, 5) is 37.8. The molecule has 0 radical (unpaired) electrons.